The third-order valence-corrected chi connectivity index (χ3v) is 5.41. The molecule has 0 spiro atoms. The molecule has 0 bridgehead atoms. The summed E-state index contributed by atoms with van der Waals surface area (Å²) >= 11 is 3.19. The Morgan fingerprint density at radius 1 is 1.43 bits per heavy atom. The first-order valence-corrected chi connectivity index (χ1v) is 9.44. The molecular weight excluding hydrogens is 326 g/mol. The number of hydrogen-bond acceptors (Lipinski definition) is 6. The number of nitrogens with zero attached hydrogens (tertiary/aromatic N) is 2. The van der Waals surface area contributed by atoms with E-state index >= 15 is 0 Å². The number of hydrogen-bond donors (Lipinski definition) is 1. The molecule has 23 heavy (non-hydrogen) atoms. The van der Waals surface area contributed by atoms with Crippen molar-refractivity contribution < 1.29 is 4.74 Å². The Balaban J connectivity index is 1.68. The highest BCUT2D eigenvalue weighted by Crippen LogP contribution is 2.32. The standard InChI is InChI=1S/C17H21N3OS2/c1-3-4-15-16(21-2)9-11-20(15)13-5-7-14(8-6-13)23-19-17-18-10-12-22-17/h4-8,10,12,16H,3,9,11H2,1-2H3,(H,18,19)/b15-4+. The zero-order valence-electron chi connectivity index (χ0n) is 13.4. The lowest BCUT2D eigenvalue weighted by Crippen LogP contribution is -2.19. The predicted molar refractivity (Wildman–Crippen MR) is 99.2 cm³/mol. The second-order valence-corrected chi connectivity index (χ2v) is 7.01. The molecule has 122 valence electrons. The summed E-state index contributed by atoms with van der Waals surface area (Å²) in [6.45, 7) is 3.18. The Kier molecular flexibility index (Phi) is 5.59. The molecule has 3 rings (SSSR count). The van der Waals surface area contributed by atoms with E-state index in [1.807, 2.05) is 5.38 Å². The van der Waals surface area contributed by atoms with Gasteiger partial charge >= 0.3 is 0 Å². The van der Waals surface area contributed by atoms with Crippen molar-refractivity contribution in [3.63, 3.8) is 0 Å². The minimum Gasteiger partial charge on any atom is -0.375 e. The van der Waals surface area contributed by atoms with Crippen LogP contribution in [0.3, 0.4) is 0 Å². The predicted octanol–water partition coefficient (Wildman–Crippen LogP) is 4.78. The molecule has 2 heterocycles. The van der Waals surface area contributed by atoms with Gasteiger partial charge in [-0.2, -0.15) is 0 Å². The first-order valence-electron chi connectivity index (χ1n) is 7.74. The second kappa shape index (κ2) is 7.86. The van der Waals surface area contributed by atoms with E-state index in [-0.39, 0.29) is 6.10 Å². The summed E-state index contributed by atoms with van der Waals surface area (Å²) in [5.74, 6) is 0. The van der Waals surface area contributed by atoms with Crippen LogP contribution in [0.1, 0.15) is 19.8 Å². The van der Waals surface area contributed by atoms with Crippen molar-refractivity contribution in [1.82, 2.24) is 4.98 Å². The molecule has 0 amide bonds. The summed E-state index contributed by atoms with van der Waals surface area (Å²) in [7, 11) is 1.79. The maximum Gasteiger partial charge on any atom is 0.192 e. The van der Waals surface area contributed by atoms with Gasteiger partial charge < -0.3 is 14.4 Å². The molecule has 0 aliphatic carbocycles. The van der Waals surface area contributed by atoms with Crippen molar-refractivity contribution in [3.05, 3.63) is 47.6 Å². The van der Waals surface area contributed by atoms with Gasteiger partial charge in [-0.05, 0) is 49.1 Å². The van der Waals surface area contributed by atoms with Crippen molar-refractivity contribution in [2.45, 2.75) is 30.8 Å². The molecule has 1 fully saturated rings. The number of anilines is 2. The van der Waals surface area contributed by atoms with Crippen molar-refractivity contribution in [3.8, 4) is 0 Å². The van der Waals surface area contributed by atoms with Gasteiger partial charge in [0.1, 0.15) is 0 Å². The van der Waals surface area contributed by atoms with Gasteiger partial charge in [-0.1, -0.05) is 13.0 Å². The average Bonchev–Trinajstić information content (AvgIpc) is 3.23. The SMILES string of the molecule is CC/C=C1\C(OC)CCN1c1ccc(SNc2nccs2)cc1. The second-order valence-electron chi connectivity index (χ2n) is 5.24. The Morgan fingerprint density at radius 2 is 2.26 bits per heavy atom. The topological polar surface area (TPSA) is 37.4 Å². The summed E-state index contributed by atoms with van der Waals surface area (Å²) < 4.78 is 8.86. The van der Waals surface area contributed by atoms with Gasteiger partial charge in [0.15, 0.2) is 5.13 Å². The highest BCUT2D eigenvalue weighted by molar-refractivity contribution is 8.00. The van der Waals surface area contributed by atoms with Crippen molar-refractivity contribution in [2.75, 3.05) is 23.3 Å². The fraction of sp³-hybridized carbons (Fsp3) is 0.353. The van der Waals surface area contributed by atoms with Crippen LogP contribution in [-0.4, -0.2) is 24.7 Å². The first kappa shape index (κ1) is 16.4. The van der Waals surface area contributed by atoms with Gasteiger partial charge in [0, 0.05) is 41.5 Å². The summed E-state index contributed by atoms with van der Waals surface area (Å²) in [5, 5.41) is 2.89. The molecule has 6 heteroatoms. The fourth-order valence-electron chi connectivity index (χ4n) is 2.74. The van der Waals surface area contributed by atoms with Crippen LogP contribution >= 0.6 is 23.3 Å². The number of methoxy groups -OCH3 is 1. The quantitative estimate of drug-likeness (QED) is 0.761. The van der Waals surface area contributed by atoms with Crippen molar-refractivity contribution in [2.24, 2.45) is 0 Å². The highest BCUT2D eigenvalue weighted by Gasteiger charge is 2.28. The third kappa shape index (κ3) is 3.88. The molecule has 1 aromatic heterocycles. The molecule has 1 N–H and O–H groups in total. The summed E-state index contributed by atoms with van der Waals surface area (Å²) in [4.78, 5) is 7.75. The van der Waals surface area contributed by atoms with Gasteiger partial charge in [0.2, 0.25) is 0 Å². The van der Waals surface area contributed by atoms with Gasteiger partial charge in [-0.3, -0.25) is 0 Å². The van der Waals surface area contributed by atoms with Gasteiger partial charge in [0.05, 0.1) is 6.10 Å². The third-order valence-electron chi connectivity index (χ3n) is 3.79. The Hall–Kier alpha value is -1.50. The normalized spacial score (nSPS) is 19.5. The van der Waals surface area contributed by atoms with Crippen LogP contribution in [0.25, 0.3) is 0 Å². The molecule has 1 aliphatic rings. The maximum absolute atomic E-state index is 5.60. The monoisotopic (exact) mass is 347 g/mol. The molecule has 1 aromatic carbocycles. The number of thiazole rings is 1. The van der Waals surface area contributed by atoms with E-state index in [1.165, 1.54) is 16.3 Å². The van der Waals surface area contributed by atoms with E-state index in [0.717, 1.165) is 24.5 Å². The molecule has 1 aliphatic heterocycles. The molecule has 4 nitrogen and oxygen atoms in total. The van der Waals surface area contributed by atoms with E-state index in [2.05, 4.69) is 51.9 Å². The van der Waals surface area contributed by atoms with E-state index in [1.54, 1.807) is 36.6 Å². The van der Waals surface area contributed by atoms with Crippen LogP contribution in [0.2, 0.25) is 0 Å². The van der Waals surface area contributed by atoms with E-state index in [0.29, 0.717) is 0 Å². The Bertz CT molecular complexity index is 640. The lowest BCUT2D eigenvalue weighted by molar-refractivity contribution is 0.138. The van der Waals surface area contributed by atoms with Crippen LogP contribution in [0, 0.1) is 0 Å². The van der Waals surface area contributed by atoms with Gasteiger partial charge in [-0.15, -0.1) is 11.3 Å². The Labute approximate surface area is 145 Å². The van der Waals surface area contributed by atoms with Crippen LogP contribution in [0.15, 0.2) is 52.5 Å². The zero-order chi connectivity index (χ0) is 16.1. The molecular formula is C17H21N3OS2. The number of rotatable bonds is 6. The molecule has 1 saturated heterocycles. The van der Waals surface area contributed by atoms with Crippen LogP contribution in [-0.2, 0) is 4.74 Å². The average molecular weight is 348 g/mol. The van der Waals surface area contributed by atoms with Crippen molar-refractivity contribution >= 4 is 34.1 Å². The van der Waals surface area contributed by atoms with Crippen LogP contribution < -0.4 is 9.62 Å². The molecule has 1 atom stereocenters. The first-order chi connectivity index (χ1) is 11.3. The molecule has 0 radical (unpaired) electrons. The summed E-state index contributed by atoms with van der Waals surface area (Å²) in [6.07, 6.45) is 6.36. The maximum atomic E-state index is 5.60. The lowest BCUT2D eigenvalue weighted by Gasteiger charge is -2.22. The minimum atomic E-state index is 0.218. The van der Waals surface area contributed by atoms with Crippen LogP contribution in [0.4, 0.5) is 10.8 Å². The number of allylic oxidation sites excluding steroid dienone is 1. The molecule has 0 saturated carbocycles. The lowest BCUT2D eigenvalue weighted by atomic mass is 10.2. The van der Waals surface area contributed by atoms with Gasteiger partial charge in [-0.25, -0.2) is 4.98 Å². The fourth-order valence-corrected chi connectivity index (χ4v) is 3.96. The minimum absolute atomic E-state index is 0.218. The molecule has 1 unspecified atom stereocenters. The van der Waals surface area contributed by atoms with E-state index in [4.69, 9.17) is 4.74 Å². The van der Waals surface area contributed by atoms with Crippen LogP contribution in [0.5, 0.6) is 0 Å². The molecule has 2 aromatic rings. The largest absolute Gasteiger partial charge is 0.375 e. The smallest absolute Gasteiger partial charge is 0.192 e. The summed E-state index contributed by atoms with van der Waals surface area (Å²) in [6, 6.07) is 8.63. The number of nitrogens with one attached hydrogen (secondary N) is 1. The highest BCUT2D eigenvalue weighted by atomic mass is 32.2. The summed E-state index contributed by atoms with van der Waals surface area (Å²) in [5.41, 5.74) is 2.51. The van der Waals surface area contributed by atoms with E-state index < -0.39 is 0 Å². The Morgan fingerprint density at radius 3 is 2.91 bits per heavy atom. The van der Waals surface area contributed by atoms with Gasteiger partial charge in [0.25, 0.3) is 0 Å². The number of benzene rings is 1. The number of ether oxygens (including phenoxy) is 1. The van der Waals surface area contributed by atoms with E-state index in [9.17, 15) is 0 Å². The van der Waals surface area contributed by atoms with Crippen molar-refractivity contribution in [1.29, 1.82) is 0 Å². The number of aromatic nitrogens is 1. The zero-order valence-corrected chi connectivity index (χ0v) is 15.0.